The fraction of sp³-hybridized carbons (Fsp3) is 0.571. The number of hydrogen-bond donors (Lipinski definition) is 0. The van der Waals surface area contributed by atoms with E-state index in [9.17, 15) is 0 Å². The van der Waals surface area contributed by atoms with Gasteiger partial charge in [0.25, 0.3) is 0 Å². The van der Waals surface area contributed by atoms with Gasteiger partial charge in [0, 0.05) is 28.6 Å². The maximum absolute atomic E-state index is 6.06. The number of rotatable bonds is 8. The standard InChI is InChI=1S/C14H20Cl2O3/c1-10(7-17-3)8-18-11(2)19-9-12-13(15)5-4-6-14(12)16/h4-6,10-11H,7-9H2,1-3H3. The summed E-state index contributed by atoms with van der Waals surface area (Å²) < 4.78 is 16.2. The van der Waals surface area contributed by atoms with Crippen LogP contribution < -0.4 is 0 Å². The minimum absolute atomic E-state index is 0.313. The van der Waals surface area contributed by atoms with Gasteiger partial charge in [-0.2, -0.15) is 0 Å². The highest BCUT2D eigenvalue weighted by atomic mass is 35.5. The van der Waals surface area contributed by atoms with Gasteiger partial charge in [0.05, 0.1) is 19.8 Å². The zero-order valence-electron chi connectivity index (χ0n) is 11.5. The molecule has 0 amide bonds. The van der Waals surface area contributed by atoms with Crippen molar-refractivity contribution in [2.24, 2.45) is 5.92 Å². The van der Waals surface area contributed by atoms with E-state index < -0.39 is 0 Å². The first-order valence-corrected chi connectivity index (χ1v) is 6.95. The van der Waals surface area contributed by atoms with Gasteiger partial charge in [0.2, 0.25) is 0 Å². The van der Waals surface area contributed by atoms with E-state index in [0.29, 0.717) is 35.8 Å². The predicted octanol–water partition coefficient (Wildman–Crippen LogP) is 4.16. The Balaban J connectivity index is 2.36. The maximum Gasteiger partial charge on any atom is 0.155 e. The van der Waals surface area contributed by atoms with Gasteiger partial charge < -0.3 is 14.2 Å². The fourth-order valence-corrected chi connectivity index (χ4v) is 2.06. The third-order valence-electron chi connectivity index (χ3n) is 2.59. The van der Waals surface area contributed by atoms with Crippen molar-refractivity contribution in [2.75, 3.05) is 20.3 Å². The molecule has 2 atom stereocenters. The second kappa shape index (κ2) is 8.77. The summed E-state index contributed by atoms with van der Waals surface area (Å²) in [7, 11) is 1.68. The van der Waals surface area contributed by atoms with Gasteiger partial charge in [-0.05, 0) is 19.1 Å². The monoisotopic (exact) mass is 306 g/mol. The van der Waals surface area contributed by atoms with E-state index in [4.69, 9.17) is 37.4 Å². The molecular formula is C14H20Cl2O3. The van der Waals surface area contributed by atoms with E-state index in [1.54, 1.807) is 25.3 Å². The lowest BCUT2D eigenvalue weighted by Gasteiger charge is -2.18. The van der Waals surface area contributed by atoms with Crippen LogP contribution in [-0.4, -0.2) is 26.6 Å². The Kier molecular flexibility index (Phi) is 7.73. The molecule has 0 aromatic heterocycles. The molecule has 1 aromatic rings. The van der Waals surface area contributed by atoms with Gasteiger partial charge in [-0.1, -0.05) is 36.2 Å². The van der Waals surface area contributed by atoms with Crippen molar-refractivity contribution in [1.29, 1.82) is 0 Å². The molecule has 0 heterocycles. The van der Waals surface area contributed by atoms with Gasteiger partial charge in [-0.15, -0.1) is 0 Å². The molecule has 2 unspecified atom stereocenters. The number of hydrogen-bond acceptors (Lipinski definition) is 3. The van der Waals surface area contributed by atoms with Crippen molar-refractivity contribution in [2.45, 2.75) is 26.7 Å². The van der Waals surface area contributed by atoms with Crippen molar-refractivity contribution in [3.8, 4) is 0 Å². The molecule has 0 radical (unpaired) electrons. The first-order valence-electron chi connectivity index (χ1n) is 6.19. The van der Waals surface area contributed by atoms with Crippen LogP contribution >= 0.6 is 23.2 Å². The fourth-order valence-electron chi connectivity index (χ4n) is 1.55. The molecular weight excluding hydrogens is 287 g/mol. The summed E-state index contributed by atoms with van der Waals surface area (Å²) in [4.78, 5) is 0. The van der Waals surface area contributed by atoms with Gasteiger partial charge >= 0.3 is 0 Å². The largest absolute Gasteiger partial charge is 0.384 e. The van der Waals surface area contributed by atoms with Crippen LogP contribution in [0.2, 0.25) is 10.0 Å². The normalized spacial score (nSPS) is 14.4. The number of methoxy groups -OCH3 is 1. The van der Waals surface area contributed by atoms with E-state index in [1.165, 1.54) is 0 Å². The zero-order chi connectivity index (χ0) is 14.3. The van der Waals surface area contributed by atoms with Gasteiger partial charge in [-0.3, -0.25) is 0 Å². The van der Waals surface area contributed by atoms with Gasteiger partial charge in [0.1, 0.15) is 0 Å². The smallest absolute Gasteiger partial charge is 0.155 e. The molecule has 0 aliphatic carbocycles. The van der Waals surface area contributed by atoms with Crippen LogP contribution in [0.15, 0.2) is 18.2 Å². The van der Waals surface area contributed by atoms with Crippen molar-refractivity contribution in [3.63, 3.8) is 0 Å². The van der Waals surface area contributed by atoms with Crippen molar-refractivity contribution in [1.82, 2.24) is 0 Å². The number of benzene rings is 1. The van der Waals surface area contributed by atoms with Crippen molar-refractivity contribution in [3.05, 3.63) is 33.8 Å². The summed E-state index contributed by atoms with van der Waals surface area (Å²) in [6.45, 7) is 5.50. The molecule has 108 valence electrons. The molecule has 0 aliphatic heterocycles. The SMILES string of the molecule is COCC(C)COC(C)OCc1c(Cl)cccc1Cl. The first-order chi connectivity index (χ1) is 9.04. The minimum Gasteiger partial charge on any atom is -0.384 e. The molecule has 1 aromatic carbocycles. The molecule has 0 saturated heterocycles. The molecule has 0 fully saturated rings. The van der Waals surface area contributed by atoms with E-state index >= 15 is 0 Å². The molecule has 0 bridgehead atoms. The molecule has 3 nitrogen and oxygen atoms in total. The summed E-state index contributed by atoms with van der Waals surface area (Å²) in [5, 5.41) is 1.21. The maximum atomic E-state index is 6.06. The Morgan fingerprint density at radius 2 is 1.68 bits per heavy atom. The summed E-state index contributed by atoms with van der Waals surface area (Å²) in [6.07, 6.45) is -0.313. The quantitative estimate of drug-likeness (QED) is 0.675. The van der Waals surface area contributed by atoms with Crippen LogP contribution in [0.1, 0.15) is 19.4 Å². The number of halogens is 2. The van der Waals surface area contributed by atoms with Crippen LogP contribution in [-0.2, 0) is 20.8 Å². The third-order valence-corrected chi connectivity index (χ3v) is 3.30. The Morgan fingerprint density at radius 1 is 1.05 bits per heavy atom. The molecule has 1 rings (SSSR count). The highest BCUT2D eigenvalue weighted by Gasteiger charge is 2.10. The topological polar surface area (TPSA) is 27.7 Å². The lowest BCUT2D eigenvalue weighted by Crippen LogP contribution is -2.19. The lowest BCUT2D eigenvalue weighted by molar-refractivity contribution is -0.147. The second-order valence-electron chi connectivity index (χ2n) is 4.47. The Labute approximate surface area is 124 Å². The number of ether oxygens (including phenoxy) is 3. The summed E-state index contributed by atoms with van der Waals surface area (Å²) >= 11 is 12.1. The summed E-state index contributed by atoms with van der Waals surface area (Å²) in [6, 6.07) is 5.39. The molecule has 19 heavy (non-hydrogen) atoms. The van der Waals surface area contributed by atoms with E-state index in [2.05, 4.69) is 6.92 Å². The average molecular weight is 307 g/mol. The van der Waals surface area contributed by atoms with Crippen molar-refractivity contribution < 1.29 is 14.2 Å². The average Bonchev–Trinajstić information content (AvgIpc) is 2.36. The molecule has 0 N–H and O–H groups in total. The van der Waals surface area contributed by atoms with E-state index in [0.717, 1.165) is 5.56 Å². The Hall–Kier alpha value is -0.320. The molecule has 5 heteroatoms. The summed E-state index contributed by atoms with van der Waals surface area (Å²) in [5.41, 5.74) is 0.784. The lowest BCUT2D eigenvalue weighted by atomic mass is 10.2. The predicted molar refractivity (Wildman–Crippen MR) is 77.7 cm³/mol. The molecule has 0 saturated carbocycles. The zero-order valence-corrected chi connectivity index (χ0v) is 13.0. The highest BCUT2D eigenvalue weighted by Crippen LogP contribution is 2.25. The van der Waals surface area contributed by atoms with Crippen LogP contribution in [0.25, 0.3) is 0 Å². The van der Waals surface area contributed by atoms with E-state index in [1.807, 2.05) is 6.92 Å². The first kappa shape index (κ1) is 16.7. The van der Waals surface area contributed by atoms with Crippen LogP contribution in [0.3, 0.4) is 0 Å². The van der Waals surface area contributed by atoms with Crippen LogP contribution in [0, 0.1) is 5.92 Å². The van der Waals surface area contributed by atoms with Gasteiger partial charge in [-0.25, -0.2) is 0 Å². The van der Waals surface area contributed by atoms with Crippen LogP contribution in [0.5, 0.6) is 0 Å². The third kappa shape index (κ3) is 6.11. The Bertz CT molecular complexity index is 365. The molecule has 0 spiro atoms. The highest BCUT2D eigenvalue weighted by molar-refractivity contribution is 6.35. The second-order valence-corrected chi connectivity index (χ2v) is 5.29. The Morgan fingerprint density at radius 3 is 2.26 bits per heavy atom. The molecule has 0 aliphatic rings. The minimum atomic E-state index is -0.313. The summed E-state index contributed by atoms with van der Waals surface area (Å²) in [5.74, 6) is 0.333. The van der Waals surface area contributed by atoms with Gasteiger partial charge in [0.15, 0.2) is 6.29 Å². The van der Waals surface area contributed by atoms with E-state index in [-0.39, 0.29) is 6.29 Å². The van der Waals surface area contributed by atoms with Crippen LogP contribution in [0.4, 0.5) is 0 Å². The van der Waals surface area contributed by atoms with Crippen molar-refractivity contribution >= 4 is 23.2 Å².